The Kier molecular flexibility index (Phi) is 5.37. The zero-order valence-electron chi connectivity index (χ0n) is 17.5. The number of halogens is 4. The van der Waals surface area contributed by atoms with Crippen molar-refractivity contribution in [3.05, 3.63) is 71.8 Å². The summed E-state index contributed by atoms with van der Waals surface area (Å²) in [6.45, 7) is 1.15. The predicted octanol–water partition coefficient (Wildman–Crippen LogP) is 4.84. The van der Waals surface area contributed by atoms with Crippen molar-refractivity contribution >= 4 is 23.3 Å². The third-order valence-corrected chi connectivity index (χ3v) is 5.34. The van der Waals surface area contributed by atoms with Gasteiger partial charge in [0.25, 0.3) is 6.43 Å². The summed E-state index contributed by atoms with van der Waals surface area (Å²) >= 11 is 0. The highest BCUT2D eigenvalue weighted by atomic mass is 19.3. The lowest BCUT2D eigenvalue weighted by atomic mass is 10.1. The number of aromatic nitrogens is 5. The van der Waals surface area contributed by atoms with Crippen LogP contribution >= 0.6 is 0 Å². The maximum Gasteiger partial charge on any atom is 0.281 e. The number of hydrogen-bond acceptors (Lipinski definition) is 6. The summed E-state index contributed by atoms with van der Waals surface area (Å²) in [7, 11) is 0. The molecule has 12 heteroatoms. The van der Waals surface area contributed by atoms with Crippen LogP contribution in [0.2, 0.25) is 0 Å². The highest BCUT2D eigenvalue weighted by Gasteiger charge is 2.24. The molecular formula is C22H16F4N8. The highest BCUT2D eigenvalue weighted by Crippen LogP contribution is 2.31. The van der Waals surface area contributed by atoms with Gasteiger partial charge in [-0.15, -0.1) is 5.10 Å². The van der Waals surface area contributed by atoms with E-state index in [1.807, 2.05) is 6.07 Å². The van der Waals surface area contributed by atoms with Gasteiger partial charge < -0.3 is 14.8 Å². The van der Waals surface area contributed by atoms with Gasteiger partial charge in [0.05, 0.1) is 17.6 Å². The first-order valence-electron chi connectivity index (χ1n) is 10.2. The van der Waals surface area contributed by atoms with Gasteiger partial charge in [0.2, 0.25) is 11.9 Å². The number of aryl methyl sites for hydroxylation is 1. The second-order valence-corrected chi connectivity index (χ2v) is 7.54. The minimum absolute atomic E-state index is 0.232. The summed E-state index contributed by atoms with van der Waals surface area (Å²) in [5.74, 6) is -1.16. The molecule has 1 aliphatic heterocycles. The number of fused-ring (bicyclic) bond motifs is 1. The SMILES string of the molecule is N#Cc1cc(Nc2nc3n(n2)CCCN3c2ccc(F)c(F)c2)ccc1-n1cnc(C(F)F)c1. The van der Waals surface area contributed by atoms with Crippen molar-refractivity contribution in [1.82, 2.24) is 24.3 Å². The number of imidazole rings is 1. The first kappa shape index (κ1) is 21.4. The molecule has 0 atom stereocenters. The summed E-state index contributed by atoms with van der Waals surface area (Å²) in [6, 6.07) is 10.5. The summed E-state index contributed by atoms with van der Waals surface area (Å²) in [4.78, 5) is 9.88. The van der Waals surface area contributed by atoms with Gasteiger partial charge in [-0.3, -0.25) is 0 Å². The molecule has 0 unspecified atom stereocenters. The van der Waals surface area contributed by atoms with E-state index in [4.69, 9.17) is 0 Å². The topological polar surface area (TPSA) is 87.6 Å². The third kappa shape index (κ3) is 3.92. The van der Waals surface area contributed by atoms with Crippen molar-refractivity contribution < 1.29 is 17.6 Å². The van der Waals surface area contributed by atoms with E-state index in [2.05, 4.69) is 20.4 Å². The molecule has 0 bridgehead atoms. The van der Waals surface area contributed by atoms with Gasteiger partial charge in [0.15, 0.2) is 11.6 Å². The van der Waals surface area contributed by atoms with Gasteiger partial charge in [0, 0.05) is 36.7 Å². The van der Waals surface area contributed by atoms with E-state index in [0.717, 1.165) is 18.6 Å². The monoisotopic (exact) mass is 468 g/mol. The molecular weight excluding hydrogens is 452 g/mol. The number of nitriles is 1. The second kappa shape index (κ2) is 8.51. The van der Waals surface area contributed by atoms with Crippen LogP contribution in [-0.2, 0) is 6.54 Å². The molecule has 172 valence electrons. The lowest BCUT2D eigenvalue weighted by Gasteiger charge is -2.27. The molecule has 0 amide bonds. The van der Waals surface area contributed by atoms with Crippen LogP contribution in [0.1, 0.15) is 24.1 Å². The number of nitrogens with zero attached hydrogens (tertiary/aromatic N) is 7. The molecule has 1 aliphatic rings. The van der Waals surface area contributed by atoms with Crippen molar-refractivity contribution in [2.45, 2.75) is 19.4 Å². The number of nitrogens with one attached hydrogen (secondary N) is 1. The fourth-order valence-electron chi connectivity index (χ4n) is 3.75. The molecule has 2 aromatic carbocycles. The molecule has 0 saturated carbocycles. The lowest BCUT2D eigenvalue weighted by Crippen LogP contribution is -2.28. The van der Waals surface area contributed by atoms with E-state index < -0.39 is 18.1 Å². The van der Waals surface area contributed by atoms with Crippen LogP contribution in [0.15, 0.2) is 48.9 Å². The fraction of sp³-hybridized carbons (Fsp3) is 0.182. The van der Waals surface area contributed by atoms with Crippen molar-refractivity contribution in [2.75, 3.05) is 16.8 Å². The zero-order chi connectivity index (χ0) is 23.8. The third-order valence-electron chi connectivity index (χ3n) is 5.34. The first-order valence-corrected chi connectivity index (χ1v) is 10.2. The van der Waals surface area contributed by atoms with Gasteiger partial charge in [-0.1, -0.05) is 0 Å². The van der Waals surface area contributed by atoms with E-state index in [1.165, 1.54) is 23.2 Å². The molecule has 1 N–H and O–H groups in total. The molecule has 0 spiro atoms. The number of benzene rings is 2. The molecule has 34 heavy (non-hydrogen) atoms. The zero-order valence-corrected chi connectivity index (χ0v) is 17.5. The molecule has 0 aliphatic carbocycles. The standard InChI is InChI=1S/C22H16F4N8/c23-16-4-3-15(9-17(16)24)33-6-1-7-34-22(33)30-21(31-34)29-14-2-5-19(13(8-14)10-27)32-11-18(20(25)26)28-12-32/h2-5,8-9,11-12,20H,1,6-7H2,(H,29,31). The number of alkyl halides is 2. The Labute approximate surface area is 190 Å². The van der Waals surface area contributed by atoms with E-state index in [-0.39, 0.29) is 17.2 Å². The molecule has 3 heterocycles. The molecule has 0 fully saturated rings. The second-order valence-electron chi connectivity index (χ2n) is 7.54. The highest BCUT2D eigenvalue weighted by molar-refractivity contribution is 5.64. The predicted molar refractivity (Wildman–Crippen MR) is 115 cm³/mol. The summed E-state index contributed by atoms with van der Waals surface area (Å²) < 4.78 is 55.8. The van der Waals surface area contributed by atoms with Crippen LogP contribution in [-0.4, -0.2) is 30.9 Å². The van der Waals surface area contributed by atoms with Gasteiger partial charge in [-0.25, -0.2) is 27.2 Å². The molecule has 4 aromatic rings. The molecule has 2 aromatic heterocycles. The summed E-state index contributed by atoms with van der Waals surface area (Å²) in [5.41, 5.74) is 1.21. The molecule has 8 nitrogen and oxygen atoms in total. The maximum absolute atomic E-state index is 13.7. The largest absolute Gasteiger partial charge is 0.323 e. The quantitative estimate of drug-likeness (QED) is 0.422. The Hall–Kier alpha value is -4.40. The number of rotatable bonds is 5. The number of hydrogen-bond donors (Lipinski definition) is 1. The molecule has 0 saturated heterocycles. The van der Waals surface area contributed by atoms with Crippen LogP contribution in [0.5, 0.6) is 0 Å². The number of anilines is 4. The van der Waals surface area contributed by atoms with Crippen molar-refractivity contribution in [3.8, 4) is 11.8 Å². The van der Waals surface area contributed by atoms with Crippen LogP contribution in [0.25, 0.3) is 5.69 Å². The average molecular weight is 468 g/mol. The van der Waals surface area contributed by atoms with Crippen LogP contribution in [0.3, 0.4) is 0 Å². The Morgan fingerprint density at radius 1 is 1.06 bits per heavy atom. The van der Waals surface area contributed by atoms with Gasteiger partial charge >= 0.3 is 0 Å². The first-order chi connectivity index (χ1) is 16.4. The van der Waals surface area contributed by atoms with Gasteiger partial charge in [-0.05, 0) is 36.8 Å². The molecule has 0 radical (unpaired) electrons. The van der Waals surface area contributed by atoms with Crippen LogP contribution in [0, 0.1) is 23.0 Å². The van der Waals surface area contributed by atoms with Crippen LogP contribution in [0.4, 0.5) is 40.8 Å². The summed E-state index contributed by atoms with van der Waals surface area (Å²) in [5, 5.41) is 17.0. The van der Waals surface area contributed by atoms with E-state index >= 15 is 0 Å². The van der Waals surface area contributed by atoms with Crippen molar-refractivity contribution in [1.29, 1.82) is 5.26 Å². The average Bonchev–Trinajstić information content (AvgIpc) is 3.48. The van der Waals surface area contributed by atoms with Crippen molar-refractivity contribution in [3.63, 3.8) is 0 Å². The minimum atomic E-state index is -2.71. The molecule has 5 rings (SSSR count). The lowest BCUT2D eigenvalue weighted by molar-refractivity contribution is 0.146. The Morgan fingerprint density at radius 2 is 1.91 bits per heavy atom. The fourth-order valence-corrected chi connectivity index (χ4v) is 3.75. The van der Waals surface area contributed by atoms with Gasteiger partial charge in [0.1, 0.15) is 11.8 Å². The Bertz CT molecular complexity index is 1400. The van der Waals surface area contributed by atoms with Gasteiger partial charge in [-0.2, -0.15) is 10.2 Å². The van der Waals surface area contributed by atoms with E-state index in [9.17, 15) is 22.8 Å². The van der Waals surface area contributed by atoms with Crippen molar-refractivity contribution in [2.24, 2.45) is 0 Å². The Balaban J connectivity index is 1.41. The Morgan fingerprint density at radius 3 is 2.65 bits per heavy atom. The normalized spacial score (nSPS) is 13.1. The minimum Gasteiger partial charge on any atom is -0.323 e. The summed E-state index contributed by atoms with van der Waals surface area (Å²) in [6.07, 6.45) is 0.416. The van der Waals surface area contributed by atoms with E-state index in [0.29, 0.717) is 36.1 Å². The smallest absolute Gasteiger partial charge is 0.281 e. The maximum atomic E-state index is 13.7. The van der Waals surface area contributed by atoms with E-state index in [1.54, 1.807) is 27.8 Å². The van der Waals surface area contributed by atoms with Crippen LogP contribution < -0.4 is 10.2 Å².